The van der Waals surface area contributed by atoms with Crippen LogP contribution in [-0.2, 0) is 6.54 Å². The lowest BCUT2D eigenvalue weighted by molar-refractivity contribution is 0.145. The molecule has 0 atom stereocenters. The maximum Gasteiger partial charge on any atom is 0.282 e. The fourth-order valence-corrected chi connectivity index (χ4v) is 1.01. The highest BCUT2D eigenvalue weighted by Crippen LogP contribution is 2.20. The molecule has 1 aromatic heterocycles. The Labute approximate surface area is 67.8 Å². The number of hydrogen-bond donors (Lipinski definition) is 0. The van der Waals surface area contributed by atoms with Gasteiger partial charge in [0.15, 0.2) is 0 Å². The van der Waals surface area contributed by atoms with Gasteiger partial charge in [0.05, 0.1) is 0 Å². The topological polar surface area (TPSA) is 17.8 Å². The minimum atomic E-state index is -2.54. The lowest BCUT2D eigenvalue weighted by Crippen LogP contribution is -1.97. The van der Waals surface area contributed by atoms with Crippen LogP contribution in [0.15, 0.2) is 6.07 Å². The molecule has 2 nitrogen and oxygen atoms in total. The standard InChI is InChI=1S/C6H7ClF2N2/c1-2-11-5(7)3-4(10-11)6(8)9/h3,6H,2H2,1H3. The first-order valence-corrected chi connectivity index (χ1v) is 3.54. The zero-order valence-electron chi connectivity index (χ0n) is 5.89. The molecule has 11 heavy (non-hydrogen) atoms. The van der Waals surface area contributed by atoms with Gasteiger partial charge in [-0.3, -0.25) is 4.68 Å². The third-order valence-corrected chi connectivity index (χ3v) is 1.58. The van der Waals surface area contributed by atoms with Crippen LogP contribution in [0.3, 0.4) is 0 Å². The van der Waals surface area contributed by atoms with Crippen molar-refractivity contribution in [2.75, 3.05) is 0 Å². The summed E-state index contributed by atoms with van der Waals surface area (Å²) in [6.45, 7) is 2.29. The Hall–Kier alpha value is -0.640. The molecule has 0 radical (unpaired) electrons. The summed E-state index contributed by atoms with van der Waals surface area (Å²) >= 11 is 5.56. The molecule has 0 saturated heterocycles. The third-order valence-electron chi connectivity index (χ3n) is 1.27. The molecule has 1 heterocycles. The summed E-state index contributed by atoms with van der Waals surface area (Å²) in [5, 5.41) is 3.82. The van der Waals surface area contributed by atoms with Crippen molar-refractivity contribution in [1.29, 1.82) is 0 Å². The predicted molar refractivity (Wildman–Crippen MR) is 37.9 cm³/mol. The SMILES string of the molecule is CCn1nc(C(F)F)cc1Cl. The van der Waals surface area contributed by atoms with Crippen LogP contribution in [0.2, 0.25) is 5.15 Å². The van der Waals surface area contributed by atoms with Crippen molar-refractivity contribution in [3.05, 3.63) is 16.9 Å². The first-order valence-electron chi connectivity index (χ1n) is 3.16. The van der Waals surface area contributed by atoms with Crippen LogP contribution < -0.4 is 0 Å². The first-order chi connectivity index (χ1) is 5.15. The predicted octanol–water partition coefficient (Wildman–Crippen LogP) is 2.49. The molecule has 0 unspecified atom stereocenters. The van der Waals surface area contributed by atoms with Gasteiger partial charge in [0.25, 0.3) is 6.43 Å². The maximum absolute atomic E-state index is 12.0. The highest BCUT2D eigenvalue weighted by atomic mass is 35.5. The fourth-order valence-electron chi connectivity index (χ4n) is 0.741. The van der Waals surface area contributed by atoms with Crippen molar-refractivity contribution >= 4 is 11.6 Å². The molecule has 0 saturated carbocycles. The van der Waals surface area contributed by atoms with Gasteiger partial charge in [-0.05, 0) is 6.92 Å². The lowest BCUT2D eigenvalue weighted by atomic mass is 10.5. The Kier molecular flexibility index (Phi) is 2.44. The minimum absolute atomic E-state index is 0.253. The van der Waals surface area contributed by atoms with Crippen molar-refractivity contribution in [3.8, 4) is 0 Å². The van der Waals surface area contributed by atoms with Crippen LogP contribution >= 0.6 is 11.6 Å². The van der Waals surface area contributed by atoms with Crippen LogP contribution in [0.4, 0.5) is 8.78 Å². The van der Waals surface area contributed by atoms with Gasteiger partial charge in [-0.2, -0.15) is 5.10 Å². The quantitative estimate of drug-likeness (QED) is 0.684. The summed E-state index contributed by atoms with van der Waals surface area (Å²) in [5.41, 5.74) is -0.267. The molecule has 0 fully saturated rings. The molecule has 0 bridgehead atoms. The highest BCUT2D eigenvalue weighted by molar-refractivity contribution is 6.29. The summed E-state index contributed by atoms with van der Waals surface area (Å²) in [5.74, 6) is 0. The summed E-state index contributed by atoms with van der Waals surface area (Å²) in [6, 6.07) is 1.18. The summed E-state index contributed by atoms with van der Waals surface area (Å²) in [4.78, 5) is 0. The van der Waals surface area contributed by atoms with E-state index >= 15 is 0 Å². The van der Waals surface area contributed by atoms with Crippen LogP contribution in [0.5, 0.6) is 0 Å². The van der Waals surface area contributed by atoms with Crippen LogP contribution in [0.1, 0.15) is 19.0 Å². The zero-order valence-corrected chi connectivity index (χ0v) is 6.65. The van der Waals surface area contributed by atoms with E-state index in [0.717, 1.165) is 0 Å². The van der Waals surface area contributed by atoms with Gasteiger partial charge in [-0.1, -0.05) is 11.6 Å². The molecular weight excluding hydrogens is 174 g/mol. The van der Waals surface area contributed by atoms with Gasteiger partial charge in [-0.25, -0.2) is 8.78 Å². The van der Waals surface area contributed by atoms with Crippen LogP contribution in [0.25, 0.3) is 0 Å². The molecule has 0 aliphatic rings. The maximum atomic E-state index is 12.0. The smallest absolute Gasteiger partial charge is 0.254 e. The van der Waals surface area contributed by atoms with E-state index in [1.807, 2.05) is 0 Å². The van der Waals surface area contributed by atoms with E-state index in [4.69, 9.17) is 11.6 Å². The van der Waals surface area contributed by atoms with E-state index in [1.165, 1.54) is 10.7 Å². The number of nitrogens with zero attached hydrogens (tertiary/aromatic N) is 2. The fraction of sp³-hybridized carbons (Fsp3) is 0.500. The Bertz CT molecular complexity index is 247. The van der Waals surface area contributed by atoms with Gasteiger partial charge < -0.3 is 0 Å². The average molecular weight is 181 g/mol. The third kappa shape index (κ3) is 1.68. The number of rotatable bonds is 2. The molecule has 0 amide bonds. The minimum Gasteiger partial charge on any atom is -0.254 e. The molecular formula is C6H7ClF2N2. The molecule has 5 heteroatoms. The molecule has 62 valence electrons. The monoisotopic (exact) mass is 180 g/mol. The molecule has 0 spiro atoms. The van der Waals surface area contributed by atoms with Gasteiger partial charge in [0.2, 0.25) is 0 Å². The largest absolute Gasteiger partial charge is 0.282 e. The Morgan fingerprint density at radius 3 is 2.64 bits per heavy atom. The molecule has 1 aromatic rings. The summed E-state index contributed by atoms with van der Waals surface area (Å²) < 4.78 is 25.2. The first kappa shape index (κ1) is 8.46. The zero-order chi connectivity index (χ0) is 8.43. The van der Waals surface area contributed by atoms with Crippen LogP contribution in [-0.4, -0.2) is 9.78 Å². The molecule has 1 rings (SSSR count). The highest BCUT2D eigenvalue weighted by Gasteiger charge is 2.12. The molecule has 0 aliphatic carbocycles. The lowest BCUT2D eigenvalue weighted by Gasteiger charge is -1.94. The number of halogens is 3. The van der Waals surface area contributed by atoms with Crippen molar-refractivity contribution in [2.24, 2.45) is 0 Å². The normalized spacial score (nSPS) is 11.0. The Balaban J connectivity index is 2.95. The second-order valence-electron chi connectivity index (χ2n) is 2.01. The van der Waals surface area contributed by atoms with Crippen molar-refractivity contribution < 1.29 is 8.78 Å². The Morgan fingerprint density at radius 1 is 1.73 bits per heavy atom. The van der Waals surface area contributed by atoms with Crippen molar-refractivity contribution in [2.45, 2.75) is 19.9 Å². The van der Waals surface area contributed by atoms with E-state index in [1.54, 1.807) is 6.92 Å². The number of aryl methyl sites for hydroxylation is 1. The van der Waals surface area contributed by atoms with Gasteiger partial charge in [0.1, 0.15) is 10.8 Å². The molecule has 0 aromatic carbocycles. The second kappa shape index (κ2) is 3.17. The molecule has 0 aliphatic heterocycles. The van der Waals surface area contributed by atoms with E-state index in [0.29, 0.717) is 6.54 Å². The second-order valence-corrected chi connectivity index (χ2v) is 2.40. The number of alkyl halides is 2. The van der Waals surface area contributed by atoms with Gasteiger partial charge in [-0.15, -0.1) is 0 Å². The van der Waals surface area contributed by atoms with Crippen LogP contribution in [0, 0.1) is 0 Å². The summed E-state index contributed by atoms with van der Waals surface area (Å²) in [6.07, 6.45) is -2.54. The van der Waals surface area contributed by atoms with E-state index in [9.17, 15) is 8.78 Å². The van der Waals surface area contributed by atoms with Crippen molar-refractivity contribution in [1.82, 2.24) is 9.78 Å². The van der Waals surface area contributed by atoms with E-state index < -0.39 is 6.43 Å². The molecule has 0 N–H and O–H groups in total. The van der Waals surface area contributed by atoms with E-state index in [2.05, 4.69) is 5.10 Å². The van der Waals surface area contributed by atoms with Crippen molar-refractivity contribution in [3.63, 3.8) is 0 Å². The van der Waals surface area contributed by atoms with E-state index in [-0.39, 0.29) is 10.8 Å². The summed E-state index contributed by atoms with van der Waals surface area (Å²) in [7, 11) is 0. The van der Waals surface area contributed by atoms with Gasteiger partial charge in [0, 0.05) is 12.6 Å². The van der Waals surface area contributed by atoms with Gasteiger partial charge >= 0.3 is 0 Å². The number of aromatic nitrogens is 2. The average Bonchev–Trinajstić information content (AvgIpc) is 2.31. The number of hydrogen-bond acceptors (Lipinski definition) is 1. The Morgan fingerprint density at radius 2 is 2.36 bits per heavy atom.